The molecular weight excluding hydrogens is 573 g/mol. The van der Waals surface area contributed by atoms with Gasteiger partial charge in [0.1, 0.15) is 13.2 Å². The highest BCUT2D eigenvalue weighted by Gasteiger charge is 2.42. The maximum absolute atomic E-state index is 12.1. The first-order valence-corrected chi connectivity index (χ1v) is 24.1. The largest absolute Gasteiger partial charge is 0.520 e. The molecule has 1 aliphatic carbocycles. The summed E-state index contributed by atoms with van der Waals surface area (Å²) in [7, 11) is -3.59. The van der Waals surface area contributed by atoms with E-state index in [0.29, 0.717) is 25.6 Å². The highest BCUT2D eigenvalue weighted by molar-refractivity contribution is 6.71. The maximum Gasteiger partial charge on any atom is 0.292 e. The molecule has 0 bridgehead atoms. The van der Waals surface area contributed by atoms with Gasteiger partial charge >= 0.3 is 0 Å². The fourth-order valence-electron chi connectivity index (χ4n) is 5.33. The zero-order valence-corrected chi connectivity index (χ0v) is 31.3. The summed E-state index contributed by atoms with van der Waals surface area (Å²) in [4.78, 5) is 23.7. The minimum Gasteiger partial charge on any atom is -0.520 e. The SMILES string of the molecule is CCCCC/C(CC[C@H]1[C@H](O[Si](C)(C)C)C/C(=N\OCCCC)[C@@H]1C/C=C\CCCC(=O)O[Si](C)(C)C)=N/OCCCC. The van der Waals surface area contributed by atoms with Gasteiger partial charge in [-0.05, 0) is 103 Å². The lowest BCUT2D eigenvalue weighted by molar-refractivity contribution is -0.135. The predicted octanol–water partition coefficient (Wildman–Crippen LogP) is 10.0. The van der Waals surface area contributed by atoms with Gasteiger partial charge in [-0.15, -0.1) is 0 Å². The molecule has 0 aromatic heterocycles. The van der Waals surface area contributed by atoms with E-state index in [1.54, 1.807) is 0 Å². The van der Waals surface area contributed by atoms with Crippen LogP contribution in [0.15, 0.2) is 22.5 Å². The summed E-state index contributed by atoms with van der Waals surface area (Å²) in [6, 6.07) is 0. The monoisotopic (exact) mass is 638 g/mol. The molecule has 1 aliphatic rings. The molecule has 3 atom stereocenters. The minimum absolute atomic E-state index is 0.0662. The minimum atomic E-state index is -1.82. The molecule has 0 unspecified atom stereocenters. The Morgan fingerprint density at radius 1 is 0.814 bits per heavy atom. The fourth-order valence-corrected chi connectivity index (χ4v) is 7.28. The lowest BCUT2D eigenvalue weighted by Gasteiger charge is -2.29. The third-order valence-corrected chi connectivity index (χ3v) is 9.30. The lowest BCUT2D eigenvalue weighted by atomic mass is 9.86. The summed E-state index contributed by atoms with van der Waals surface area (Å²) >= 11 is 0. The van der Waals surface area contributed by atoms with Gasteiger partial charge in [-0.3, -0.25) is 4.79 Å². The summed E-state index contributed by atoms with van der Waals surface area (Å²) in [6.45, 7) is 20.9. The zero-order chi connectivity index (χ0) is 32.1. The molecule has 1 fully saturated rings. The highest BCUT2D eigenvalue weighted by Crippen LogP contribution is 2.40. The van der Waals surface area contributed by atoms with Crippen LogP contribution in [0, 0.1) is 11.8 Å². The van der Waals surface area contributed by atoms with Gasteiger partial charge < -0.3 is 18.5 Å². The number of allylic oxidation sites excluding steroid dienone is 2. The molecule has 43 heavy (non-hydrogen) atoms. The molecule has 9 heteroatoms. The molecule has 0 N–H and O–H groups in total. The van der Waals surface area contributed by atoms with Crippen molar-refractivity contribution >= 4 is 34.0 Å². The van der Waals surface area contributed by atoms with Gasteiger partial charge in [-0.1, -0.05) is 68.9 Å². The third-order valence-electron chi connectivity index (χ3n) is 7.45. The summed E-state index contributed by atoms with van der Waals surface area (Å²) in [5.74, 6) is 0.557. The Balaban J connectivity index is 3.05. The Morgan fingerprint density at radius 2 is 1.49 bits per heavy atom. The van der Waals surface area contributed by atoms with Crippen molar-refractivity contribution in [1.82, 2.24) is 0 Å². The molecule has 0 aliphatic heterocycles. The molecule has 1 saturated carbocycles. The zero-order valence-electron chi connectivity index (χ0n) is 29.3. The van der Waals surface area contributed by atoms with Crippen LogP contribution in [0.4, 0.5) is 0 Å². The Hall–Kier alpha value is -1.46. The van der Waals surface area contributed by atoms with Crippen molar-refractivity contribution in [2.75, 3.05) is 13.2 Å². The summed E-state index contributed by atoms with van der Waals surface area (Å²) in [5.41, 5.74) is 2.32. The number of oxime groups is 2. The van der Waals surface area contributed by atoms with Crippen molar-refractivity contribution in [2.45, 2.75) is 162 Å². The van der Waals surface area contributed by atoms with Crippen molar-refractivity contribution in [2.24, 2.45) is 22.1 Å². The predicted molar refractivity (Wildman–Crippen MR) is 187 cm³/mol. The molecule has 0 amide bonds. The Bertz CT molecular complexity index is 849. The number of carbonyl (C=O) groups is 1. The first kappa shape index (κ1) is 39.6. The summed E-state index contributed by atoms with van der Waals surface area (Å²) in [5, 5.41) is 9.33. The molecule has 0 radical (unpaired) electrons. The molecule has 7 nitrogen and oxygen atoms in total. The topological polar surface area (TPSA) is 78.7 Å². The van der Waals surface area contributed by atoms with Gasteiger partial charge in [0.15, 0.2) is 8.32 Å². The Morgan fingerprint density at radius 3 is 2.12 bits per heavy atom. The normalized spacial score (nSPS) is 20.7. The second-order valence-electron chi connectivity index (χ2n) is 14.0. The molecule has 1 rings (SSSR count). The Labute approximate surface area is 266 Å². The van der Waals surface area contributed by atoms with Crippen LogP contribution in [-0.2, 0) is 23.3 Å². The van der Waals surface area contributed by atoms with Gasteiger partial charge in [0.2, 0.25) is 8.32 Å². The van der Waals surface area contributed by atoms with Gasteiger partial charge in [0, 0.05) is 18.8 Å². The van der Waals surface area contributed by atoms with E-state index in [0.717, 1.165) is 82.8 Å². The average molecular weight is 639 g/mol. The van der Waals surface area contributed by atoms with E-state index in [2.05, 4.69) is 57.7 Å². The van der Waals surface area contributed by atoms with Gasteiger partial charge in [0.05, 0.1) is 17.5 Å². The average Bonchev–Trinajstić information content (AvgIpc) is 3.22. The smallest absolute Gasteiger partial charge is 0.292 e. The summed E-state index contributed by atoms with van der Waals surface area (Å²) in [6.07, 6.45) is 19.3. The lowest BCUT2D eigenvalue weighted by Crippen LogP contribution is -2.35. The van der Waals surface area contributed by atoms with Crippen LogP contribution in [-0.4, -0.2) is 53.3 Å². The fraction of sp³-hybridized carbons (Fsp3) is 0.853. The van der Waals surface area contributed by atoms with Gasteiger partial charge in [-0.2, -0.15) is 0 Å². The van der Waals surface area contributed by atoms with Crippen molar-refractivity contribution in [3.8, 4) is 0 Å². The first-order valence-electron chi connectivity index (χ1n) is 17.3. The summed E-state index contributed by atoms with van der Waals surface area (Å²) < 4.78 is 12.4. The molecule has 250 valence electrons. The number of nitrogens with zero attached hydrogens (tertiary/aromatic N) is 2. The standard InChI is InChI=1S/C34H66N2O5Si2/c1-10-13-18-21-29(35-38-26-14-11-2)24-25-31-30(22-19-16-17-20-23-34(37)41-43(7,8)9)32(36-39-27-15-12-3)28-33(31)40-42(4,5)6/h16,19,30-31,33H,10-15,17-18,20-28H2,1-9H3/b19-16-,35-29-,36-32+/t30-,31-,33-/m1/s1. The van der Waals surface area contributed by atoms with Crippen LogP contribution < -0.4 is 0 Å². The quantitative estimate of drug-likeness (QED) is 0.0346. The van der Waals surface area contributed by atoms with Crippen LogP contribution in [0.25, 0.3) is 0 Å². The van der Waals surface area contributed by atoms with E-state index in [1.165, 1.54) is 18.6 Å². The van der Waals surface area contributed by atoms with Crippen LogP contribution in [0.3, 0.4) is 0 Å². The first-order chi connectivity index (χ1) is 20.4. The Kier molecular flexibility index (Phi) is 20.3. The molecule has 0 heterocycles. The molecule has 0 saturated heterocycles. The molecular formula is C34H66N2O5Si2. The van der Waals surface area contributed by atoms with Gasteiger partial charge in [0.25, 0.3) is 5.97 Å². The van der Waals surface area contributed by atoms with Crippen molar-refractivity contribution in [3.63, 3.8) is 0 Å². The van der Waals surface area contributed by atoms with E-state index in [-0.39, 0.29) is 18.0 Å². The van der Waals surface area contributed by atoms with E-state index in [1.807, 2.05) is 19.6 Å². The number of rotatable bonds is 24. The van der Waals surface area contributed by atoms with Crippen molar-refractivity contribution in [3.05, 3.63) is 12.2 Å². The maximum atomic E-state index is 12.1. The number of hydrogen-bond donors (Lipinski definition) is 0. The number of carbonyl (C=O) groups excluding carboxylic acids is 1. The number of hydrogen-bond acceptors (Lipinski definition) is 7. The molecule has 0 aromatic rings. The van der Waals surface area contributed by atoms with Crippen LogP contribution >= 0.6 is 0 Å². The second-order valence-corrected chi connectivity index (χ2v) is 22.9. The van der Waals surface area contributed by atoms with E-state index < -0.39 is 16.6 Å². The number of unbranched alkanes of at least 4 members (excludes halogenated alkanes) is 5. The van der Waals surface area contributed by atoms with E-state index in [4.69, 9.17) is 23.7 Å². The van der Waals surface area contributed by atoms with Crippen LogP contribution in [0.1, 0.15) is 117 Å². The third kappa shape index (κ3) is 19.5. The van der Waals surface area contributed by atoms with Crippen molar-refractivity contribution < 1.29 is 23.3 Å². The highest BCUT2D eigenvalue weighted by atomic mass is 28.4. The van der Waals surface area contributed by atoms with Crippen LogP contribution in [0.5, 0.6) is 0 Å². The second kappa shape index (κ2) is 22.1. The van der Waals surface area contributed by atoms with Crippen LogP contribution in [0.2, 0.25) is 39.3 Å². The van der Waals surface area contributed by atoms with Crippen molar-refractivity contribution in [1.29, 1.82) is 0 Å². The van der Waals surface area contributed by atoms with Gasteiger partial charge in [-0.25, -0.2) is 0 Å². The molecule has 0 aromatic carbocycles. The van der Waals surface area contributed by atoms with E-state index in [9.17, 15) is 4.79 Å². The molecule has 0 spiro atoms. The van der Waals surface area contributed by atoms with E-state index >= 15 is 0 Å².